The van der Waals surface area contributed by atoms with Crippen LogP contribution < -0.4 is 0 Å². The number of nitrogens with zero attached hydrogens (tertiary/aromatic N) is 2. The van der Waals surface area contributed by atoms with Crippen LogP contribution in [0, 0.1) is 5.82 Å². The van der Waals surface area contributed by atoms with Crippen LogP contribution in [0.1, 0.15) is 24.8 Å². The molecule has 0 unspecified atom stereocenters. The molecule has 1 atom stereocenters. The first-order valence-electron chi connectivity index (χ1n) is 8.54. The van der Waals surface area contributed by atoms with Crippen LogP contribution in [0.25, 0.3) is 0 Å². The normalized spacial score (nSPS) is 26.7. The summed E-state index contributed by atoms with van der Waals surface area (Å²) < 4.78 is 19.7. The van der Waals surface area contributed by atoms with Crippen LogP contribution in [0.4, 0.5) is 4.39 Å². The number of likely N-dealkylation sites (tertiary alicyclic amines) is 2. The van der Waals surface area contributed by atoms with E-state index in [9.17, 15) is 9.18 Å². The van der Waals surface area contributed by atoms with Crippen molar-refractivity contribution >= 4 is 5.91 Å². The molecule has 1 amide bonds. The molecule has 5 heteroatoms. The lowest BCUT2D eigenvalue weighted by Crippen LogP contribution is -2.63. The SMILES string of the molecule is O=C(Cc1ccccc1F)N1CC2(C[C@H](N3CCCC3)CO2)C1. The lowest BCUT2D eigenvalue weighted by molar-refractivity contribution is -0.157. The Hall–Kier alpha value is -1.46. The van der Waals surface area contributed by atoms with Gasteiger partial charge in [-0.25, -0.2) is 4.39 Å². The van der Waals surface area contributed by atoms with Crippen LogP contribution in [-0.4, -0.2) is 60.1 Å². The predicted octanol–water partition coefficient (Wildman–Crippen LogP) is 1.83. The summed E-state index contributed by atoms with van der Waals surface area (Å²) in [6, 6.07) is 7.01. The Bertz CT molecular complexity index is 594. The van der Waals surface area contributed by atoms with E-state index >= 15 is 0 Å². The summed E-state index contributed by atoms with van der Waals surface area (Å²) in [5, 5.41) is 0. The summed E-state index contributed by atoms with van der Waals surface area (Å²) in [5.41, 5.74) is 0.332. The number of hydrogen-bond acceptors (Lipinski definition) is 3. The van der Waals surface area contributed by atoms with E-state index < -0.39 is 0 Å². The maximum atomic E-state index is 13.7. The molecule has 4 rings (SSSR count). The largest absolute Gasteiger partial charge is 0.370 e. The second kappa shape index (κ2) is 5.87. The van der Waals surface area contributed by atoms with Gasteiger partial charge in [0.1, 0.15) is 11.4 Å². The summed E-state index contributed by atoms with van der Waals surface area (Å²) >= 11 is 0. The van der Waals surface area contributed by atoms with Gasteiger partial charge in [-0.2, -0.15) is 0 Å². The highest BCUT2D eigenvalue weighted by molar-refractivity contribution is 5.80. The summed E-state index contributed by atoms with van der Waals surface area (Å²) in [4.78, 5) is 16.6. The van der Waals surface area contributed by atoms with Crippen LogP contribution in [0.5, 0.6) is 0 Å². The second-order valence-corrected chi connectivity index (χ2v) is 7.11. The van der Waals surface area contributed by atoms with Gasteiger partial charge in [0, 0.05) is 6.04 Å². The fraction of sp³-hybridized carbons (Fsp3) is 0.611. The lowest BCUT2D eigenvalue weighted by Gasteiger charge is -2.47. The predicted molar refractivity (Wildman–Crippen MR) is 84.6 cm³/mol. The van der Waals surface area contributed by atoms with Crippen LogP contribution >= 0.6 is 0 Å². The molecule has 0 radical (unpaired) electrons. The number of benzene rings is 1. The average molecular weight is 318 g/mol. The molecule has 1 aromatic rings. The molecule has 0 N–H and O–H groups in total. The molecular weight excluding hydrogens is 295 g/mol. The first-order valence-corrected chi connectivity index (χ1v) is 8.54. The van der Waals surface area contributed by atoms with E-state index in [-0.39, 0.29) is 23.7 Å². The Morgan fingerprint density at radius 3 is 2.74 bits per heavy atom. The molecule has 3 aliphatic heterocycles. The van der Waals surface area contributed by atoms with Crippen molar-refractivity contribution in [2.75, 3.05) is 32.8 Å². The zero-order valence-corrected chi connectivity index (χ0v) is 13.3. The third kappa shape index (κ3) is 2.88. The highest BCUT2D eigenvalue weighted by atomic mass is 19.1. The van der Waals surface area contributed by atoms with Gasteiger partial charge in [-0.15, -0.1) is 0 Å². The number of amides is 1. The number of rotatable bonds is 3. The molecule has 23 heavy (non-hydrogen) atoms. The third-order valence-corrected chi connectivity index (χ3v) is 5.46. The van der Waals surface area contributed by atoms with E-state index in [4.69, 9.17) is 4.74 Å². The molecule has 124 valence electrons. The van der Waals surface area contributed by atoms with Crippen molar-refractivity contribution < 1.29 is 13.9 Å². The number of ether oxygens (including phenoxy) is 1. The zero-order chi connectivity index (χ0) is 15.9. The fourth-order valence-corrected chi connectivity index (χ4v) is 4.12. The highest BCUT2D eigenvalue weighted by Crippen LogP contribution is 2.38. The van der Waals surface area contributed by atoms with Gasteiger partial charge in [-0.3, -0.25) is 9.69 Å². The van der Waals surface area contributed by atoms with Crippen molar-refractivity contribution in [1.29, 1.82) is 0 Å². The van der Waals surface area contributed by atoms with Crippen LogP contribution in [0.2, 0.25) is 0 Å². The van der Waals surface area contributed by atoms with Gasteiger partial charge >= 0.3 is 0 Å². The van der Waals surface area contributed by atoms with Gasteiger partial charge in [-0.05, 0) is 44.0 Å². The van der Waals surface area contributed by atoms with E-state index in [1.54, 1.807) is 23.1 Å². The molecule has 3 saturated heterocycles. The lowest BCUT2D eigenvalue weighted by atomic mass is 9.88. The molecule has 4 nitrogen and oxygen atoms in total. The molecule has 0 saturated carbocycles. The van der Waals surface area contributed by atoms with Crippen molar-refractivity contribution in [2.24, 2.45) is 0 Å². The molecule has 0 bridgehead atoms. The van der Waals surface area contributed by atoms with Crippen molar-refractivity contribution in [2.45, 2.75) is 37.3 Å². The molecular formula is C18H23FN2O2. The van der Waals surface area contributed by atoms with E-state index in [1.165, 1.54) is 32.0 Å². The Kier molecular flexibility index (Phi) is 3.85. The van der Waals surface area contributed by atoms with Gasteiger partial charge in [-0.1, -0.05) is 18.2 Å². The minimum absolute atomic E-state index is 0.00560. The van der Waals surface area contributed by atoms with Crippen molar-refractivity contribution in [3.8, 4) is 0 Å². The van der Waals surface area contributed by atoms with E-state index in [0.717, 1.165) is 13.0 Å². The topological polar surface area (TPSA) is 32.8 Å². The molecule has 3 fully saturated rings. The Labute approximate surface area is 136 Å². The van der Waals surface area contributed by atoms with Crippen LogP contribution in [0.3, 0.4) is 0 Å². The first kappa shape index (κ1) is 15.1. The van der Waals surface area contributed by atoms with Crippen molar-refractivity contribution in [3.05, 3.63) is 35.6 Å². The maximum Gasteiger partial charge on any atom is 0.227 e. The van der Waals surface area contributed by atoms with Gasteiger partial charge in [0.2, 0.25) is 5.91 Å². The molecule has 0 aliphatic carbocycles. The third-order valence-electron chi connectivity index (χ3n) is 5.46. The standard InChI is InChI=1S/C18H23FN2O2/c19-16-6-2-1-5-14(16)9-17(22)21-12-18(13-21)10-15(11-23-18)20-7-3-4-8-20/h1-2,5-6,15H,3-4,7-13H2/t15-/m0/s1. The summed E-state index contributed by atoms with van der Waals surface area (Å²) in [5.74, 6) is -0.309. The summed E-state index contributed by atoms with van der Waals surface area (Å²) in [6.45, 7) is 4.46. The van der Waals surface area contributed by atoms with Gasteiger partial charge in [0.05, 0.1) is 26.1 Å². The highest BCUT2D eigenvalue weighted by Gasteiger charge is 2.52. The quantitative estimate of drug-likeness (QED) is 0.852. The maximum absolute atomic E-state index is 13.7. The molecule has 1 aromatic carbocycles. The number of carbonyl (C=O) groups excluding carboxylic acids is 1. The van der Waals surface area contributed by atoms with Crippen molar-refractivity contribution in [3.63, 3.8) is 0 Å². The minimum Gasteiger partial charge on any atom is -0.370 e. The Balaban J connectivity index is 1.31. The van der Waals surface area contributed by atoms with Gasteiger partial charge in [0.25, 0.3) is 0 Å². The molecule has 3 heterocycles. The second-order valence-electron chi connectivity index (χ2n) is 7.11. The van der Waals surface area contributed by atoms with Crippen molar-refractivity contribution in [1.82, 2.24) is 9.80 Å². The average Bonchev–Trinajstić information content (AvgIpc) is 3.16. The molecule has 0 aromatic heterocycles. The number of hydrogen-bond donors (Lipinski definition) is 0. The van der Waals surface area contributed by atoms with E-state index in [0.29, 0.717) is 24.7 Å². The Morgan fingerprint density at radius 2 is 2.00 bits per heavy atom. The van der Waals surface area contributed by atoms with E-state index in [2.05, 4.69) is 4.90 Å². The van der Waals surface area contributed by atoms with Crippen LogP contribution in [0.15, 0.2) is 24.3 Å². The molecule has 1 spiro atoms. The Morgan fingerprint density at radius 1 is 1.26 bits per heavy atom. The van der Waals surface area contributed by atoms with Crippen LogP contribution in [-0.2, 0) is 16.0 Å². The van der Waals surface area contributed by atoms with E-state index in [1.807, 2.05) is 0 Å². The number of halogens is 1. The molecule has 3 aliphatic rings. The zero-order valence-electron chi connectivity index (χ0n) is 13.3. The van der Waals surface area contributed by atoms with Gasteiger partial charge < -0.3 is 9.64 Å². The monoisotopic (exact) mass is 318 g/mol. The minimum atomic E-state index is -0.303. The fourth-order valence-electron chi connectivity index (χ4n) is 4.12. The first-order chi connectivity index (χ1) is 11.2. The number of carbonyl (C=O) groups is 1. The summed E-state index contributed by atoms with van der Waals surface area (Å²) in [7, 11) is 0. The summed E-state index contributed by atoms with van der Waals surface area (Å²) in [6.07, 6.45) is 3.74. The van der Waals surface area contributed by atoms with Gasteiger partial charge in [0.15, 0.2) is 0 Å². The smallest absolute Gasteiger partial charge is 0.227 e.